The van der Waals surface area contributed by atoms with Gasteiger partial charge in [0.05, 0.1) is 41.7 Å². The van der Waals surface area contributed by atoms with E-state index < -0.39 is 0 Å². The molecule has 1 aliphatic rings. The molecule has 0 radical (unpaired) electrons. The van der Waals surface area contributed by atoms with Crippen molar-refractivity contribution in [3.63, 3.8) is 0 Å². The second-order valence-electron chi connectivity index (χ2n) is 6.75. The Labute approximate surface area is 166 Å². The van der Waals surface area contributed by atoms with Crippen molar-refractivity contribution in [3.8, 4) is 11.3 Å². The summed E-state index contributed by atoms with van der Waals surface area (Å²) in [5, 5.41) is 9.83. The molecular weight excluding hydrogens is 370 g/mol. The summed E-state index contributed by atoms with van der Waals surface area (Å²) in [5.74, 6) is 0.574. The van der Waals surface area contributed by atoms with Gasteiger partial charge in [-0.1, -0.05) is 0 Å². The first kappa shape index (κ1) is 17.4. The fourth-order valence-electron chi connectivity index (χ4n) is 3.39. The molecule has 0 saturated carbocycles. The van der Waals surface area contributed by atoms with Gasteiger partial charge in [-0.15, -0.1) is 0 Å². The Bertz CT molecular complexity index is 1150. The van der Waals surface area contributed by atoms with E-state index in [0.29, 0.717) is 30.2 Å². The van der Waals surface area contributed by atoms with Gasteiger partial charge in [0.15, 0.2) is 0 Å². The van der Waals surface area contributed by atoms with Gasteiger partial charge >= 0.3 is 0 Å². The highest BCUT2D eigenvalue weighted by atomic mass is 16.5. The summed E-state index contributed by atoms with van der Waals surface area (Å²) in [4.78, 5) is 27.0. The minimum atomic E-state index is -0.245. The summed E-state index contributed by atoms with van der Waals surface area (Å²) < 4.78 is 5.39. The van der Waals surface area contributed by atoms with E-state index >= 15 is 0 Å². The van der Waals surface area contributed by atoms with Gasteiger partial charge in [-0.2, -0.15) is 5.10 Å². The number of aromatic nitrogens is 5. The average Bonchev–Trinajstić information content (AvgIpc) is 3.42. The summed E-state index contributed by atoms with van der Waals surface area (Å²) in [6.07, 6.45) is 4.89. The molecule has 0 bridgehead atoms. The summed E-state index contributed by atoms with van der Waals surface area (Å²) in [5.41, 5.74) is 4.28. The monoisotopic (exact) mass is 389 g/mol. The van der Waals surface area contributed by atoms with E-state index in [9.17, 15) is 4.79 Å². The van der Waals surface area contributed by atoms with Crippen LogP contribution in [0.3, 0.4) is 0 Å². The number of morpholine rings is 1. The molecule has 146 valence electrons. The number of ether oxygens (including phenoxy) is 1. The third kappa shape index (κ3) is 3.43. The lowest BCUT2D eigenvalue weighted by atomic mass is 10.1. The highest BCUT2D eigenvalue weighted by Gasteiger charge is 2.17. The molecule has 4 heterocycles. The van der Waals surface area contributed by atoms with Gasteiger partial charge < -0.3 is 19.9 Å². The van der Waals surface area contributed by atoms with E-state index in [1.165, 1.54) is 6.20 Å². The van der Waals surface area contributed by atoms with Crippen molar-refractivity contribution in [1.29, 1.82) is 0 Å². The zero-order chi connectivity index (χ0) is 19.6. The van der Waals surface area contributed by atoms with Crippen LogP contribution in [0.15, 0.2) is 48.9 Å². The maximum atomic E-state index is 12.8. The van der Waals surface area contributed by atoms with Crippen molar-refractivity contribution in [1.82, 2.24) is 25.1 Å². The number of hydrogen-bond acceptors (Lipinski definition) is 6. The smallest absolute Gasteiger partial charge is 0.259 e. The van der Waals surface area contributed by atoms with Crippen molar-refractivity contribution in [2.24, 2.45) is 0 Å². The zero-order valence-electron chi connectivity index (χ0n) is 15.6. The third-order valence-corrected chi connectivity index (χ3v) is 4.87. The normalized spacial score (nSPS) is 14.3. The number of imidazole rings is 1. The molecule has 9 heteroatoms. The number of carbonyl (C=O) groups is 1. The standard InChI is InChI=1S/C20H19N7O2/c28-19(15-12-22-26-18(15)13-2-1-5-21-11-13)23-14-3-4-16-17(10-14)25-20(24-16)27-6-8-29-9-7-27/h1-5,10-12H,6-9H2,(H,22,26)(H,23,28)(H,24,25). The number of pyridine rings is 1. The Kier molecular flexibility index (Phi) is 4.41. The third-order valence-electron chi connectivity index (χ3n) is 4.87. The first-order valence-electron chi connectivity index (χ1n) is 9.35. The predicted octanol–water partition coefficient (Wildman–Crippen LogP) is 2.44. The van der Waals surface area contributed by atoms with Crippen molar-refractivity contribution in [2.45, 2.75) is 0 Å². The molecule has 1 aromatic carbocycles. The number of H-pyrrole nitrogens is 2. The molecule has 3 N–H and O–H groups in total. The van der Waals surface area contributed by atoms with Crippen LogP contribution >= 0.6 is 0 Å². The molecule has 0 unspecified atom stereocenters. The van der Waals surface area contributed by atoms with Crippen molar-refractivity contribution in [2.75, 3.05) is 36.5 Å². The number of nitrogens with zero attached hydrogens (tertiary/aromatic N) is 4. The molecule has 4 aromatic rings. The number of carbonyl (C=O) groups excluding carboxylic acids is 1. The molecule has 0 atom stereocenters. The molecule has 1 amide bonds. The highest BCUT2D eigenvalue weighted by molar-refractivity contribution is 6.08. The second-order valence-corrected chi connectivity index (χ2v) is 6.75. The second kappa shape index (κ2) is 7.36. The van der Waals surface area contributed by atoms with Gasteiger partial charge in [0.25, 0.3) is 5.91 Å². The minimum Gasteiger partial charge on any atom is -0.378 e. The summed E-state index contributed by atoms with van der Waals surface area (Å²) in [6, 6.07) is 9.31. The maximum absolute atomic E-state index is 12.8. The first-order valence-corrected chi connectivity index (χ1v) is 9.35. The average molecular weight is 389 g/mol. The fraction of sp³-hybridized carbons (Fsp3) is 0.200. The summed E-state index contributed by atoms with van der Waals surface area (Å²) in [7, 11) is 0. The lowest BCUT2D eigenvalue weighted by molar-refractivity contribution is 0.102. The van der Waals surface area contributed by atoms with Crippen LogP contribution in [0.25, 0.3) is 22.3 Å². The first-order chi connectivity index (χ1) is 14.3. The Morgan fingerprint density at radius 3 is 2.90 bits per heavy atom. The lowest BCUT2D eigenvalue weighted by Crippen LogP contribution is -2.36. The topological polar surface area (TPSA) is 112 Å². The van der Waals surface area contributed by atoms with E-state index in [4.69, 9.17) is 4.74 Å². The van der Waals surface area contributed by atoms with Crippen molar-refractivity contribution < 1.29 is 9.53 Å². The van der Waals surface area contributed by atoms with Crippen LogP contribution in [0.4, 0.5) is 11.6 Å². The molecule has 3 aromatic heterocycles. The molecule has 1 fully saturated rings. The van der Waals surface area contributed by atoms with Gasteiger partial charge in [0.1, 0.15) is 0 Å². The Morgan fingerprint density at radius 2 is 2.07 bits per heavy atom. The van der Waals surface area contributed by atoms with E-state index in [0.717, 1.165) is 35.6 Å². The van der Waals surface area contributed by atoms with Crippen LogP contribution in [0.1, 0.15) is 10.4 Å². The van der Waals surface area contributed by atoms with Gasteiger partial charge in [0, 0.05) is 36.7 Å². The Hall–Kier alpha value is -3.72. The molecule has 5 rings (SSSR count). The summed E-state index contributed by atoms with van der Waals surface area (Å²) >= 11 is 0. The molecule has 0 spiro atoms. The number of fused-ring (bicyclic) bond motifs is 1. The number of anilines is 2. The molecular formula is C20H19N7O2. The van der Waals surface area contributed by atoms with E-state index in [-0.39, 0.29) is 5.91 Å². The SMILES string of the molecule is O=C(Nc1ccc2nc(N3CCOCC3)[nH]c2c1)c1cn[nH]c1-c1cccnc1. The van der Waals surface area contributed by atoms with Crippen LogP contribution in [-0.2, 0) is 4.74 Å². The molecule has 0 aliphatic carbocycles. The van der Waals surface area contributed by atoms with Gasteiger partial charge in [-0.25, -0.2) is 4.98 Å². The molecule has 9 nitrogen and oxygen atoms in total. The number of nitrogens with one attached hydrogen (secondary N) is 3. The largest absolute Gasteiger partial charge is 0.378 e. The fourth-order valence-corrected chi connectivity index (χ4v) is 3.39. The van der Waals surface area contributed by atoms with Crippen molar-refractivity contribution >= 4 is 28.6 Å². The van der Waals surface area contributed by atoms with E-state index in [1.54, 1.807) is 12.4 Å². The van der Waals surface area contributed by atoms with Crippen LogP contribution in [-0.4, -0.2) is 57.4 Å². The zero-order valence-corrected chi connectivity index (χ0v) is 15.6. The van der Waals surface area contributed by atoms with Gasteiger partial charge in [0.2, 0.25) is 5.95 Å². The number of hydrogen-bond donors (Lipinski definition) is 3. The maximum Gasteiger partial charge on any atom is 0.259 e. The Morgan fingerprint density at radius 1 is 1.17 bits per heavy atom. The number of amides is 1. The predicted molar refractivity (Wildman–Crippen MR) is 109 cm³/mol. The molecule has 29 heavy (non-hydrogen) atoms. The van der Waals surface area contributed by atoms with Crippen molar-refractivity contribution in [3.05, 3.63) is 54.5 Å². The van der Waals surface area contributed by atoms with Crippen LogP contribution < -0.4 is 10.2 Å². The van der Waals surface area contributed by atoms with Crippen LogP contribution in [0, 0.1) is 0 Å². The Balaban J connectivity index is 1.38. The number of benzene rings is 1. The molecule has 1 aliphatic heterocycles. The lowest BCUT2D eigenvalue weighted by Gasteiger charge is -2.26. The van der Waals surface area contributed by atoms with Gasteiger partial charge in [-0.3, -0.25) is 14.9 Å². The number of rotatable bonds is 4. The highest BCUT2D eigenvalue weighted by Crippen LogP contribution is 2.24. The molecule has 1 saturated heterocycles. The van der Waals surface area contributed by atoms with E-state index in [2.05, 4.69) is 35.4 Å². The van der Waals surface area contributed by atoms with Crippen LogP contribution in [0.5, 0.6) is 0 Å². The quantitative estimate of drug-likeness (QED) is 0.494. The van der Waals surface area contributed by atoms with E-state index in [1.807, 2.05) is 30.3 Å². The van der Waals surface area contributed by atoms with Gasteiger partial charge in [-0.05, 0) is 30.3 Å². The summed E-state index contributed by atoms with van der Waals surface area (Å²) in [6.45, 7) is 3.01. The van der Waals surface area contributed by atoms with Crippen LogP contribution in [0.2, 0.25) is 0 Å². The minimum absolute atomic E-state index is 0.245. The number of aromatic amines is 2.